The Labute approximate surface area is 168 Å². The molecule has 0 spiro atoms. The zero-order valence-electron chi connectivity index (χ0n) is 15.7. The molecule has 1 N–H and O–H groups in total. The molecule has 6 nitrogen and oxygen atoms in total. The molecule has 0 bridgehead atoms. The monoisotopic (exact) mass is 394 g/mol. The van der Waals surface area contributed by atoms with Crippen LogP contribution in [0.5, 0.6) is 5.75 Å². The fourth-order valence-electron chi connectivity index (χ4n) is 3.27. The molecule has 2 aromatic carbocycles. The maximum atomic E-state index is 12.5. The third-order valence-electron chi connectivity index (χ3n) is 4.71. The summed E-state index contributed by atoms with van der Waals surface area (Å²) >= 11 is 1.41. The van der Waals surface area contributed by atoms with E-state index < -0.39 is 0 Å². The highest BCUT2D eigenvalue weighted by molar-refractivity contribution is 7.99. The van der Waals surface area contributed by atoms with Crippen molar-refractivity contribution in [3.63, 3.8) is 0 Å². The molecule has 2 heterocycles. The van der Waals surface area contributed by atoms with Crippen molar-refractivity contribution < 1.29 is 9.53 Å². The number of hydrogen-bond donors (Lipinski definition) is 1. The third-order valence-corrected chi connectivity index (χ3v) is 5.68. The molecule has 1 atom stereocenters. The Kier molecular flexibility index (Phi) is 5.62. The first-order valence-corrected chi connectivity index (χ1v) is 10.3. The van der Waals surface area contributed by atoms with Crippen molar-refractivity contribution in [1.29, 1.82) is 0 Å². The second-order valence-electron chi connectivity index (χ2n) is 6.69. The van der Waals surface area contributed by atoms with Gasteiger partial charge in [0.25, 0.3) is 0 Å². The highest BCUT2D eigenvalue weighted by Crippen LogP contribution is 2.31. The van der Waals surface area contributed by atoms with Crippen LogP contribution in [0.15, 0.2) is 59.8 Å². The third kappa shape index (κ3) is 4.20. The molecule has 1 aliphatic rings. The second kappa shape index (κ2) is 8.48. The minimum Gasteiger partial charge on any atom is -0.493 e. The summed E-state index contributed by atoms with van der Waals surface area (Å²) in [5, 5.41) is 12.3. The van der Waals surface area contributed by atoms with Gasteiger partial charge >= 0.3 is 0 Å². The number of fused-ring (bicyclic) bond motifs is 1. The number of rotatable bonds is 6. The number of para-hydroxylation sites is 1. The van der Waals surface area contributed by atoms with Crippen molar-refractivity contribution in [2.75, 3.05) is 12.4 Å². The number of carbonyl (C=O) groups is 1. The predicted molar refractivity (Wildman–Crippen MR) is 108 cm³/mol. The van der Waals surface area contributed by atoms with Crippen molar-refractivity contribution in [2.45, 2.75) is 31.1 Å². The lowest BCUT2D eigenvalue weighted by Gasteiger charge is -2.26. The van der Waals surface area contributed by atoms with Crippen LogP contribution >= 0.6 is 11.8 Å². The Bertz CT molecular complexity index is 958. The van der Waals surface area contributed by atoms with Gasteiger partial charge in [-0.05, 0) is 18.6 Å². The van der Waals surface area contributed by atoms with Crippen LogP contribution in [0.3, 0.4) is 0 Å². The van der Waals surface area contributed by atoms with Crippen LogP contribution in [0.2, 0.25) is 0 Å². The van der Waals surface area contributed by atoms with E-state index in [-0.39, 0.29) is 11.9 Å². The second-order valence-corrected chi connectivity index (χ2v) is 7.63. The number of carbonyl (C=O) groups excluding carboxylic acids is 1. The highest BCUT2D eigenvalue weighted by atomic mass is 32.2. The number of nitrogens with one attached hydrogen (secondary N) is 1. The van der Waals surface area contributed by atoms with E-state index in [2.05, 4.69) is 27.6 Å². The number of hydrogen-bond acceptors (Lipinski definition) is 5. The molecule has 144 valence electrons. The van der Waals surface area contributed by atoms with E-state index in [9.17, 15) is 4.79 Å². The topological polar surface area (TPSA) is 69.0 Å². The first kappa shape index (κ1) is 18.6. The van der Waals surface area contributed by atoms with Gasteiger partial charge < -0.3 is 14.6 Å². The normalized spacial score (nSPS) is 15.5. The van der Waals surface area contributed by atoms with Gasteiger partial charge in [0.1, 0.15) is 11.6 Å². The Morgan fingerprint density at radius 1 is 1.18 bits per heavy atom. The summed E-state index contributed by atoms with van der Waals surface area (Å²) in [4.78, 5) is 12.5. The van der Waals surface area contributed by atoms with Gasteiger partial charge in [0.15, 0.2) is 5.16 Å². The molecule has 1 amide bonds. The molecule has 4 rings (SSSR count). The number of ether oxygens (including phenoxy) is 1. The summed E-state index contributed by atoms with van der Waals surface area (Å²) in [5.74, 6) is 1.97. The SMILES string of the molecule is Cc1nnc(SCC(=O)N[C@@H]2CCOc3ccccc32)n1Cc1ccccc1. The molecule has 0 fully saturated rings. The maximum Gasteiger partial charge on any atom is 0.230 e. The number of thioether (sulfide) groups is 1. The average Bonchev–Trinajstić information content (AvgIpc) is 3.07. The van der Waals surface area contributed by atoms with Crippen molar-refractivity contribution in [1.82, 2.24) is 20.1 Å². The Morgan fingerprint density at radius 2 is 1.96 bits per heavy atom. The Balaban J connectivity index is 1.38. The fraction of sp³-hybridized carbons (Fsp3) is 0.286. The lowest BCUT2D eigenvalue weighted by Crippen LogP contribution is -2.33. The maximum absolute atomic E-state index is 12.5. The molecule has 0 unspecified atom stereocenters. The lowest BCUT2D eigenvalue weighted by atomic mass is 10.0. The minimum atomic E-state index is -0.0152. The van der Waals surface area contributed by atoms with Crippen molar-refractivity contribution >= 4 is 17.7 Å². The number of benzene rings is 2. The van der Waals surface area contributed by atoms with E-state index in [1.54, 1.807) is 0 Å². The largest absolute Gasteiger partial charge is 0.493 e. The van der Waals surface area contributed by atoms with Crippen LogP contribution in [0.1, 0.15) is 29.4 Å². The van der Waals surface area contributed by atoms with Gasteiger partial charge in [-0.1, -0.05) is 60.3 Å². The average molecular weight is 395 g/mol. The molecular formula is C21H22N4O2S. The quantitative estimate of drug-likeness (QED) is 0.649. The first-order chi connectivity index (χ1) is 13.7. The zero-order valence-corrected chi connectivity index (χ0v) is 16.5. The Hall–Kier alpha value is -2.80. The molecule has 7 heteroatoms. The minimum absolute atomic E-state index is 0.0121. The smallest absolute Gasteiger partial charge is 0.230 e. The van der Waals surface area contributed by atoms with Crippen LogP contribution in [-0.4, -0.2) is 33.0 Å². The lowest BCUT2D eigenvalue weighted by molar-refractivity contribution is -0.119. The fourth-order valence-corrected chi connectivity index (χ4v) is 4.07. The summed E-state index contributed by atoms with van der Waals surface area (Å²) in [7, 11) is 0. The van der Waals surface area contributed by atoms with Crippen molar-refractivity contribution in [3.05, 3.63) is 71.5 Å². The van der Waals surface area contributed by atoms with Gasteiger partial charge in [-0.15, -0.1) is 10.2 Å². The van der Waals surface area contributed by atoms with Crippen LogP contribution in [0.4, 0.5) is 0 Å². The van der Waals surface area contributed by atoms with Crippen LogP contribution < -0.4 is 10.1 Å². The molecule has 1 aromatic heterocycles. The van der Waals surface area contributed by atoms with E-state index in [0.717, 1.165) is 28.7 Å². The number of nitrogens with zero attached hydrogens (tertiary/aromatic N) is 3. The van der Waals surface area contributed by atoms with Crippen LogP contribution in [-0.2, 0) is 11.3 Å². The molecule has 0 saturated carbocycles. The van der Waals surface area contributed by atoms with Gasteiger partial charge in [-0.25, -0.2) is 0 Å². The van der Waals surface area contributed by atoms with E-state index in [1.807, 2.05) is 54.0 Å². The van der Waals surface area contributed by atoms with Gasteiger partial charge in [-0.3, -0.25) is 4.79 Å². The van der Waals surface area contributed by atoms with E-state index >= 15 is 0 Å². The summed E-state index contributed by atoms with van der Waals surface area (Å²) in [6.45, 7) is 3.23. The molecule has 0 radical (unpaired) electrons. The van der Waals surface area contributed by atoms with Gasteiger partial charge in [0.2, 0.25) is 5.91 Å². The summed E-state index contributed by atoms with van der Waals surface area (Å²) < 4.78 is 7.70. The van der Waals surface area contributed by atoms with Crippen molar-refractivity contribution in [3.8, 4) is 5.75 Å². The number of amides is 1. The summed E-state index contributed by atoms with van der Waals surface area (Å²) in [5.41, 5.74) is 2.21. The molecule has 0 aliphatic carbocycles. The predicted octanol–water partition coefficient (Wildman–Crippen LogP) is 3.37. The number of aromatic nitrogens is 3. The molecule has 0 saturated heterocycles. The van der Waals surface area contributed by atoms with E-state index in [1.165, 1.54) is 17.3 Å². The van der Waals surface area contributed by atoms with E-state index in [0.29, 0.717) is 18.9 Å². The molecular weight excluding hydrogens is 372 g/mol. The number of aryl methyl sites for hydroxylation is 1. The van der Waals surface area contributed by atoms with Crippen molar-refractivity contribution in [2.24, 2.45) is 0 Å². The zero-order chi connectivity index (χ0) is 19.3. The molecule has 3 aromatic rings. The van der Waals surface area contributed by atoms with Gasteiger partial charge in [-0.2, -0.15) is 0 Å². The van der Waals surface area contributed by atoms with Gasteiger partial charge in [0.05, 0.1) is 24.9 Å². The molecule has 1 aliphatic heterocycles. The standard InChI is InChI=1S/C21H22N4O2S/c1-15-23-24-21(25(15)13-16-7-3-2-4-8-16)28-14-20(26)22-18-11-12-27-19-10-6-5-9-17(18)19/h2-10,18H,11-14H2,1H3,(H,22,26)/t18-/m1/s1. The van der Waals surface area contributed by atoms with E-state index in [4.69, 9.17) is 4.74 Å². The molecule has 28 heavy (non-hydrogen) atoms. The summed E-state index contributed by atoms with van der Waals surface area (Å²) in [6, 6.07) is 18.0. The van der Waals surface area contributed by atoms with Gasteiger partial charge in [0, 0.05) is 12.0 Å². The first-order valence-electron chi connectivity index (χ1n) is 9.28. The van der Waals surface area contributed by atoms with Crippen LogP contribution in [0, 0.1) is 6.92 Å². The Morgan fingerprint density at radius 3 is 2.82 bits per heavy atom. The highest BCUT2D eigenvalue weighted by Gasteiger charge is 2.23. The summed E-state index contributed by atoms with van der Waals surface area (Å²) in [6.07, 6.45) is 0.775. The van der Waals surface area contributed by atoms with Crippen LogP contribution in [0.25, 0.3) is 0 Å².